The third kappa shape index (κ3) is 2.63. The van der Waals surface area contributed by atoms with Crippen molar-refractivity contribution in [2.24, 2.45) is 0 Å². The van der Waals surface area contributed by atoms with Gasteiger partial charge in [0.1, 0.15) is 11.6 Å². The lowest BCUT2D eigenvalue weighted by atomic mass is 10.2. The van der Waals surface area contributed by atoms with Crippen LogP contribution in [0.5, 0.6) is 11.5 Å². The highest BCUT2D eigenvalue weighted by Gasteiger charge is 2.16. The van der Waals surface area contributed by atoms with E-state index >= 15 is 0 Å². The quantitative estimate of drug-likeness (QED) is 0.611. The van der Waals surface area contributed by atoms with Crippen LogP contribution in [0.2, 0.25) is 0 Å². The minimum Gasteiger partial charge on any atom is -0.450 e. The zero-order valence-corrected chi connectivity index (χ0v) is 9.59. The molecule has 92 valence electrons. The summed E-state index contributed by atoms with van der Waals surface area (Å²) in [5, 5.41) is 10.8. The summed E-state index contributed by atoms with van der Waals surface area (Å²) in [5.74, 6) is -0.263. The largest absolute Gasteiger partial charge is 0.450 e. The Morgan fingerprint density at radius 2 is 1.83 bits per heavy atom. The molecule has 0 amide bonds. The first-order chi connectivity index (χ1) is 8.56. The summed E-state index contributed by atoms with van der Waals surface area (Å²) in [6.45, 7) is 1.91. The van der Waals surface area contributed by atoms with Gasteiger partial charge in [-0.1, -0.05) is 17.7 Å². The maximum Gasteiger partial charge on any atom is 0.311 e. The van der Waals surface area contributed by atoms with E-state index in [4.69, 9.17) is 4.74 Å². The Bertz CT molecular complexity index is 581. The van der Waals surface area contributed by atoms with Crippen LogP contribution < -0.4 is 4.74 Å². The van der Waals surface area contributed by atoms with Gasteiger partial charge in [-0.2, -0.15) is 0 Å². The second kappa shape index (κ2) is 4.83. The number of benzene rings is 2. The number of hydrogen-bond acceptors (Lipinski definition) is 3. The average molecular weight is 247 g/mol. The highest BCUT2D eigenvalue weighted by atomic mass is 19.1. The maximum absolute atomic E-state index is 13.1. The molecule has 0 fully saturated rings. The van der Waals surface area contributed by atoms with Gasteiger partial charge in [-0.25, -0.2) is 4.39 Å². The molecule has 0 heterocycles. The van der Waals surface area contributed by atoms with Gasteiger partial charge in [0.15, 0.2) is 0 Å². The van der Waals surface area contributed by atoms with Crippen LogP contribution in [0.4, 0.5) is 10.1 Å². The molecule has 0 aliphatic heterocycles. The molecule has 0 radical (unpaired) electrons. The molecule has 0 unspecified atom stereocenters. The van der Waals surface area contributed by atoms with E-state index in [0.29, 0.717) is 5.75 Å². The molecule has 0 saturated carbocycles. The zero-order chi connectivity index (χ0) is 13.1. The van der Waals surface area contributed by atoms with E-state index in [9.17, 15) is 14.5 Å². The molecule has 4 nitrogen and oxygen atoms in total. The molecular weight excluding hydrogens is 237 g/mol. The summed E-state index contributed by atoms with van der Waals surface area (Å²) in [5.41, 5.74) is 0.771. The number of hydrogen-bond donors (Lipinski definition) is 0. The molecule has 0 spiro atoms. The monoisotopic (exact) mass is 247 g/mol. The van der Waals surface area contributed by atoms with E-state index in [1.165, 1.54) is 0 Å². The standard InChI is InChI=1S/C13H10FNO3/c1-9-2-5-11(6-3-9)18-13-8-10(14)4-7-12(13)15(16)17/h2-8H,1H3. The minimum absolute atomic E-state index is 0.108. The first-order valence-electron chi connectivity index (χ1n) is 5.25. The maximum atomic E-state index is 13.1. The van der Waals surface area contributed by atoms with Crippen LogP contribution in [0.25, 0.3) is 0 Å². The van der Waals surface area contributed by atoms with Crippen molar-refractivity contribution < 1.29 is 14.1 Å². The minimum atomic E-state index is -0.608. The summed E-state index contributed by atoms with van der Waals surface area (Å²) in [7, 11) is 0. The number of nitro benzene ring substituents is 1. The van der Waals surface area contributed by atoms with Crippen LogP contribution in [0.15, 0.2) is 42.5 Å². The van der Waals surface area contributed by atoms with Crippen molar-refractivity contribution in [3.05, 3.63) is 64.0 Å². The Labute approximate surface area is 103 Å². The van der Waals surface area contributed by atoms with Gasteiger partial charge in [-0.05, 0) is 25.1 Å². The fourth-order valence-electron chi connectivity index (χ4n) is 1.45. The number of nitrogens with zero attached hydrogens (tertiary/aromatic N) is 1. The van der Waals surface area contributed by atoms with Gasteiger partial charge >= 0.3 is 5.69 Å². The Kier molecular flexibility index (Phi) is 3.23. The highest BCUT2D eigenvalue weighted by molar-refractivity contribution is 5.48. The van der Waals surface area contributed by atoms with Gasteiger partial charge in [0.05, 0.1) is 4.92 Å². The molecule has 5 heteroatoms. The molecule has 0 aromatic heterocycles. The molecular formula is C13H10FNO3. The van der Waals surface area contributed by atoms with Crippen molar-refractivity contribution >= 4 is 5.69 Å². The van der Waals surface area contributed by atoms with Crippen LogP contribution in [0.1, 0.15) is 5.56 Å². The normalized spacial score (nSPS) is 10.1. The van der Waals surface area contributed by atoms with Gasteiger partial charge < -0.3 is 4.74 Å². The van der Waals surface area contributed by atoms with E-state index in [1.54, 1.807) is 24.3 Å². The molecule has 0 bridgehead atoms. The fraction of sp³-hybridized carbons (Fsp3) is 0.0769. The summed E-state index contributed by atoms with van der Waals surface area (Å²) >= 11 is 0. The second-order valence-corrected chi connectivity index (χ2v) is 3.78. The van der Waals surface area contributed by atoms with Crippen molar-refractivity contribution in [2.45, 2.75) is 6.92 Å². The molecule has 0 aliphatic rings. The molecule has 2 aromatic carbocycles. The van der Waals surface area contributed by atoms with E-state index in [2.05, 4.69) is 0 Å². The smallest absolute Gasteiger partial charge is 0.311 e. The molecule has 0 aliphatic carbocycles. The van der Waals surface area contributed by atoms with E-state index in [1.807, 2.05) is 6.92 Å². The molecule has 18 heavy (non-hydrogen) atoms. The highest BCUT2D eigenvalue weighted by Crippen LogP contribution is 2.31. The lowest BCUT2D eigenvalue weighted by Gasteiger charge is -2.06. The fourth-order valence-corrected chi connectivity index (χ4v) is 1.45. The van der Waals surface area contributed by atoms with Crippen molar-refractivity contribution in [3.8, 4) is 11.5 Å². The van der Waals surface area contributed by atoms with Crippen LogP contribution >= 0.6 is 0 Å². The average Bonchev–Trinajstić information content (AvgIpc) is 2.32. The lowest BCUT2D eigenvalue weighted by molar-refractivity contribution is -0.385. The predicted octanol–water partition coefficient (Wildman–Crippen LogP) is 3.83. The molecule has 0 atom stereocenters. The van der Waals surface area contributed by atoms with Gasteiger partial charge in [0.2, 0.25) is 5.75 Å². The molecule has 2 rings (SSSR count). The van der Waals surface area contributed by atoms with Crippen molar-refractivity contribution in [1.82, 2.24) is 0 Å². The third-order valence-corrected chi connectivity index (χ3v) is 2.37. The van der Waals surface area contributed by atoms with Gasteiger partial charge in [-0.15, -0.1) is 0 Å². The van der Waals surface area contributed by atoms with Crippen LogP contribution in [-0.2, 0) is 0 Å². The van der Waals surface area contributed by atoms with E-state index in [-0.39, 0.29) is 11.4 Å². The number of nitro groups is 1. The summed E-state index contributed by atoms with van der Waals surface area (Å²) < 4.78 is 18.4. The topological polar surface area (TPSA) is 52.4 Å². The number of aryl methyl sites for hydroxylation is 1. The number of rotatable bonds is 3. The molecule has 0 N–H and O–H groups in total. The second-order valence-electron chi connectivity index (χ2n) is 3.78. The van der Waals surface area contributed by atoms with Crippen LogP contribution in [0.3, 0.4) is 0 Å². The Morgan fingerprint density at radius 1 is 1.17 bits per heavy atom. The van der Waals surface area contributed by atoms with Gasteiger partial charge in [0, 0.05) is 12.1 Å². The summed E-state index contributed by atoms with van der Waals surface area (Å²) in [6.07, 6.45) is 0. The van der Waals surface area contributed by atoms with E-state index in [0.717, 1.165) is 23.8 Å². The van der Waals surface area contributed by atoms with Gasteiger partial charge in [0.25, 0.3) is 0 Å². The Morgan fingerprint density at radius 3 is 2.44 bits per heavy atom. The zero-order valence-electron chi connectivity index (χ0n) is 9.59. The lowest BCUT2D eigenvalue weighted by Crippen LogP contribution is -1.94. The molecule has 0 saturated heterocycles. The van der Waals surface area contributed by atoms with Crippen LogP contribution in [-0.4, -0.2) is 4.92 Å². The van der Waals surface area contributed by atoms with Gasteiger partial charge in [-0.3, -0.25) is 10.1 Å². The first-order valence-corrected chi connectivity index (χ1v) is 5.25. The Balaban J connectivity index is 2.35. The first kappa shape index (κ1) is 12.0. The van der Waals surface area contributed by atoms with Crippen molar-refractivity contribution in [3.63, 3.8) is 0 Å². The predicted molar refractivity (Wildman–Crippen MR) is 64.3 cm³/mol. The number of halogens is 1. The van der Waals surface area contributed by atoms with Crippen molar-refractivity contribution in [2.75, 3.05) is 0 Å². The summed E-state index contributed by atoms with van der Waals surface area (Å²) in [4.78, 5) is 10.2. The van der Waals surface area contributed by atoms with Crippen molar-refractivity contribution in [1.29, 1.82) is 0 Å². The Hall–Kier alpha value is -2.43. The SMILES string of the molecule is Cc1ccc(Oc2cc(F)ccc2[N+](=O)[O-])cc1. The van der Waals surface area contributed by atoms with E-state index < -0.39 is 10.7 Å². The third-order valence-electron chi connectivity index (χ3n) is 2.37. The van der Waals surface area contributed by atoms with Crippen LogP contribution in [0, 0.1) is 22.9 Å². The number of ether oxygens (including phenoxy) is 1. The molecule has 2 aromatic rings. The summed E-state index contributed by atoms with van der Waals surface area (Å²) in [6, 6.07) is 10.1.